The minimum atomic E-state index is -0.773. The molecule has 0 fully saturated rings. The Kier molecular flexibility index (Phi) is 6.09. The zero-order valence-electron chi connectivity index (χ0n) is 8.97. The molecule has 0 aliphatic rings. The fourth-order valence-electron chi connectivity index (χ4n) is 1.33. The van der Waals surface area contributed by atoms with Crippen LogP contribution in [0.25, 0.3) is 0 Å². The Balaban J connectivity index is 2.44. The van der Waals surface area contributed by atoms with E-state index in [1.54, 1.807) is 12.1 Å². The maximum Gasteiger partial charge on any atom is 0.303 e. The first-order valence-corrected chi connectivity index (χ1v) is 6.66. The predicted molar refractivity (Wildman–Crippen MR) is 74.1 cm³/mol. The second-order valence-corrected chi connectivity index (χ2v) is 5.25. The van der Waals surface area contributed by atoms with Gasteiger partial charge in [-0.1, -0.05) is 39.1 Å². The standard InChI is InChI=1S/C11H12BrCl2NO2/c12-7-5-8(13)11(9(14)6-7)15-4-2-1-3-10(16)17/h5-6,15H,1-4H2,(H,16,17). The Bertz CT molecular complexity index is 389. The van der Waals surface area contributed by atoms with Crippen LogP contribution in [0.1, 0.15) is 19.3 Å². The molecule has 0 amide bonds. The second kappa shape index (κ2) is 7.09. The monoisotopic (exact) mass is 339 g/mol. The molecule has 0 aliphatic heterocycles. The van der Waals surface area contributed by atoms with Crippen molar-refractivity contribution in [3.63, 3.8) is 0 Å². The van der Waals surface area contributed by atoms with Crippen molar-refractivity contribution < 1.29 is 9.90 Å². The van der Waals surface area contributed by atoms with Crippen LogP contribution < -0.4 is 5.32 Å². The van der Waals surface area contributed by atoms with E-state index in [2.05, 4.69) is 21.2 Å². The number of carbonyl (C=O) groups is 1. The average molecular weight is 341 g/mol. The molecule has 0 bridgehead atoms. The molecule has 3 nitrogen and oxygen atoms in total. The number of carboxylic acids is 1. The number of halogens is 3. The van der Waals surface area contributed by atoms with E-state index in [1.807, 2.05) is 0 Å². The van der Waals surface area contributed by atoms with Gasteiger partial charge in [0.1, 0.15) is 0 Å². The molecule has 17 heavy (non-hydrogen) atoms. The molecule has 2 N–H and O–H groups in total. The topological polar surface area (TPSA) is 49.3 Å². The van der Waals surface area contributed by atoms with Crippen molar-refractivity contribution >= 4 is 50.8 Å². The molecule has 0 aromatic heterocycles. The summed E-state index contributed by atoms with van der Waals surface area (Å²) in [6.45, 7) is 0.647. The van der Waals surface area contributed by atoms with Gasteiger partial charge in [0.15, 0.2) is 0 Å². The molecule has 0 saturated carbocycles. The molecule has 0 atom stereocenters. The van der Waals surface area contributed by atoms with Crippen LogP contribution in [-0.4, -0.2) is 17.6 Å². The lowest BCUT2D eigenvalue weighted by atomic mass is 10.2. The van der Waals surface area contributed by atoms with E-state index in [0.717, 1.165) is 10.9 Å². The van der Waals surface area contributed by atoms with Gasteiger partial charge >= 0.3 is 5.97 Å². The molecular weight excluding hydrogens is 329 g/mol. The Morgan fingerprint density at radius 1 is 1.29 bits per heavy atom. The summed E-state index contributed by atoms with van der Waals surface area (Å²) in [6.07, 6.45) is 1.58. The summed E-state index contributed by atoms with van der Waals surface area (Å²) < 4.78 is 0.823. The number of unbranched alkanes of at least 4 members (excludes halogenated alkanes) is 1. The van der Waals surface area contributed by atoms with Gasteiger partial charge in [-0.25, -0.2) is 0 Å². The molecule has 0 aliphatic carbocycles. The highest BCUT2D eigenvalue weighted by Gasteiger charge is 2.06. The van der Waals surface area contributed by atoms with Crippen LogP contribution in [0.5, 0.6) is 0 Å². The summed E-state index contributed by atoms with van der Waals surface area (Å²) >= 11 is 15.3. The third-order valence-electron chi connectivity index (χ3n) is 2.13. The lowest BCUT2D eigenvalue weighted by Crippen LogP contribution is -2.04. The first-order chi connectivity index (χ1) is 8.00. The summed E-state index contributed by atoms with van der Waals surface area (Å²) in [4.78, 5) is 10.3. The fourth-order valence-corrected chi connectivity index (χ4v) is 2.67. The van der Waals surface area contributed by atoms with Crippen LogP contribution >= 0.6 is 39.1 Å². The normalized spacial score (nSPS) is 10.3. The number of rotatable bonds is 6. The number of carboxylic acid groups (broad SMARTS) is 1. The Morgan fingerprint density at radius 2 is 1.88 bits per heavy atom. The van der Waals surface area contributed by atoms with Gasteiger partial charge in [0.05, 0.1) is 15.7 Å². The Morgan fingerprint density at radius 3 is 2.41 bits per heavy atom. The van der Waals surface area contributed by atoms with Crippen molar-refractivity contribution in [2.24, 2.45) is 0 Å². The predicted octanol–water partition coefficient (Wildman–Crippen LogP) is 4.42. The molecule has 6 heteroatoms. The van der Waals surface area contributed by atoms with Crippen LogP contribution in [-0.2, 0) is 4.79 Å². The van der Waals surface area contributed by atoms with Gasteiger partial charge in [-0.2, -0.15) is 0 Å². The molecule has 0 unspecified atom stereocenters. The van der Waals surface area contributed by atoms with E-state index < -0.39 is 5.97 Å². The number of benzene rings is 1. The first-order valence-electron chi connectivity index (χ1n) is 5.11. The van der Waals surface area contributed by atoms with Gasteiger partial charge in [0, 0.05) is 17.4 Å². The SMILES string of the molecule is O=C(O)CCCCNc1c(Cl)cc(Br)cc1Cl. The maximum atomic E-state index is 10.3. The highest BCUT2D eigenvalue weighted by atomic mass is 79.9. The summed E-state index contributed by atoms with van der Waals surface area (Å²) in [5.41, 5.74) is 0.687. The smallest absolute Gasteiger partial charge is 0.303 e. The molecule has 0 radical (unpaired) electrons. The third kappa shape index (κ3) is 5.15. The van der Waals surface area contributed by atoms with Gasteiger partial charge < -0.3 is 10.4 Å². The lowest BCUT2D eigenvalue weighted by Gasteiger charge is -2.10. The number of hydrogen-bond acceptors (Lipinski definition) is 2. The highest BCUT2D eigenvalue weighted by Crippen LogP contribution is 2.33. The second-order valence-electron chi connectivity index (χ2n) is 3.52. The minimum Gasteiger partial charge on any atom is -0.481 e. The van der Waals surface area contributed by atoms with E-state index in [9.17, 15) is 4.79 Å². The van der Waals surface area contributed by atoms with E-state index in [-0.39, 0.29) is 6.42 Å². The molecule has 1 aromatic carbocycles. The number of hydrogen-bond donors (Lipinski definition) is 2. The van der Waals surface area contributed by atoms with Crippen molar-refractivity contribution in [1.82, 2.24) is 0 Å². The van der Waals surface area contributed by atoms with Crippen molar-refractivity contribution in [3.05, 3.63) is 26.7 Å². The van der Waals surface area contributed by atoms with Crippen molar-refractivity contribution in [2.45, 2.75) is 19.3 Å². The van der Waals surface area contributed by atoms with Crippen molar-refractivity contribution in [3.8, 4) is 0 Å². The Hall–Kier alpha value is -0.450. The van der Waals surface area contributed by atoms with Crippen molar-refractivity contribution in [1.29, 1.82) is 0 Å². The number of nitrogens with one attached hydrogen (secondary N) is 1. The zero-order chi connectivity index (χ0) is 12.8. The number of anilines is 1. The minimum absolute atomic E-state index is 0.184. The lowest BCUT2D eigenvalue weighted by molar-refractivity contribution is -0.137. The van der Waals surface area contributed by atoms with E-state index in [1.165, 1.54) is 0 Å². The van der Waals surface area contributed by atoms with Crippen molar-refractivity contribution in [2.75, 3.05) is 11.9 Å². The zero-order valence-corrected chi connectivity index (χ0v) is 12.1. The third-order valence-corrected chi connectivity index (χ3v) is 3.18. The highest BCUT2D eigenvalue weighted by molar-refractivity contribution is 9.10. The molecule has 0 heterocycles. The van der Waals surface area contributed by atoms with Crippen LogP contribution in [0.2, 0.25) is 10.0 Å². The van der Waals surface area contributed by atoms with Gasteiger partial charge in [0.25, 0.3) is 0 Å². The molecular formula is C11H12BrCl2NO2. The Labute approximate surface area is 118 Å². The van der Waals surface area contributed by atoms with E-state index >= 15 is 0 Å². The molecule has 0 saturated heterocycles. The largest absolute Gasteiger partial charge is 0.481 e. The quantitative estimate of drug-likeness (QED) is 0.753. The fraction of sp³-hybridized carbons (Fsp3) is 0.364. The van der Waals surface area contributed by atoms with Crippen LogP contribution in [0, 0.1) is 0 Å². The molecule has 0 spiro atoms. The number of aliphatic carboxylic acids is 1. The summed E-state index contributed by atoms with van der Waals surface area (Å²) in [6, 6.07) is 3.51. The molecule has 94 valence electrons. The summed E-state index contributed by atoms with van der Waals surface area (Å²) in [5, 5.41) is 12.7. The van der Waals surface area contributed by atoms with Crippen LogP contribution in [0.15, 0.2) is 16.6 Å². The maximum absolute atomic E-state index is 10.3. The van der Waals surface area contributed by atoms with Gasteiger partial charge in [-0.15, -0.1) is 0 Å². The van der Waals surface area contributed by atoms with Crippen LogP contribution in [0.3, 0.4) is 0 Å². The summed E-state index contributed by atoms with van der Waals surface area (Å²) in [7, 11) is 0. The summed E-state index contributed by atoms with van der Waals surface area (Å²) in [5.74, 6) is -0.773. The van der Waals surface area contributed by atoms with Gasteiger partial charge in [-0.3, -0.25) is 4.79 Å². The molecule has 1 aromatic rings. The van der Waals surface area contributed by atoms with E-state index in [0.29, 0.717) is 28.7 Å². The van der Waals surface area contributed by atoms with Crippen LogP contribution in [0.4, 0.5) is 5.69 Å². The average Bonchev–Trinajstić information content (AvgIpc) is 2.20. The first kappa shape index (κ1) is 14.6. The van der Waals surface area contributed by atoms with E-state index in [4.69, 9.17) is 28.3 Å². The van der Waals surface area contributed by atoms with Gasteiger partial charge in [0.2, 0.25) is 0 Å². The molecule has 1 rings (SSSR count). The van der Waals surface area contributed by atoms with Gasteiger partial charge in [-0.05, 0) is 25.0 Å².